The van der Waals surface area contributed by atoms with E-state index in [0.29, 0.717) is 14.8 Å². The van der Waals surface area contributed by atoms with Crippen LogP contribution in [0.3, 0.4) is 0 Å². The van der Waals surface area contributed by atoms with E-state index in [0.717, 1.165) is 0 Å². The van der Waals surface area contributed by atoms with Crippen LogP contribution in [0.1, 0.15) is 0 Å². The average Bonchev–Trinajstić information content (AvgIpc) is 2.67. The van der Waals surface area contributed by atoms with Gasteiger partial charge in [-0.25, -0.2) is 0 Å². The van der Waals surface area contributed by atoms with Crippen molar-refractivity contribution in [2.24, 2.45) is 0 Å². The monoisotopic (exact) mass is 446 g/mol. The standard InChI is InChI=1S/C19H14ClF3O3S2/c20-15-11-13-18(14-12-15)27(16-7-3-1-4-8-16,17-9-5-2-6-10-17)26-28(24,25)19(21,22)23/h1-14H. The minimum Gasteiger partial charge on any atom is -0.200 e. The summed E-state index contributed by atoms with van der Waals surface area (Å²) in [7, 11) is -9.16. The lowest BCUT2D eigenvalue weighted by molar-refractivity contribution is -0.0496. The van der Waals surface area contributed by atoms with E-state index in [9.17, 15) is 21.6 Å². The lowest BCUT2D eigenvalue weighted by atomic mass is 10.4. The summed E-state index contributed by atoms with van der Waals surface area (Å²) in [5, 5.41) is 0.358. The lowest BCUT2D eigenvalue weighted by Crippen LogP contribution is -2.27. The van der Waals surface area contributed by atoms with Gasteiger partial charge in [-0.3, -0.25) is 0 Å². The summed E-state index contributed by atoms with van der Waals surface area (Å²) in [6.45, 7) is 0. The molecule has 0 bridgehead atoms. The van der Waals surface area contributed by atoms with E-state index >= 15 is 0 Å². The number of benzene rings is 3. The SMILES string of the molecule is O=S(=O)(OS(c1ccccc1)(c1ccccc1)c1ccc(Cl)cc1)C(F)(F)F. The van der Waals surface area contributed by atoms with Gasteiger partial charge in [-0.15, -0.1) is 0 Å². The van der Waals surface area contributed by atoms with Gasteiger partial charge in [0.15, 0.2) is 0 Å². The Morgan fingerprint density at radius 2 is 1.07 bits per heavy atom. The van der Waals surface area contributed by atoms with Gasteiger partial charge in [0.25, 0.3) is 0 Å². The number of hydrogen-bond donors (Lipinski definition) is 0. The number of hydrogen-bond acceptors (Lipinski definition) is 3. The fourth-order valence-electron chi connectivity index (χ4n) is 2.55. The van der Waals surface area contributed by atoms with Gasteiger partial charge in [0.1, 0.15) is 0 Å². The zero-order valence-corrected chi connectivity index (χ0v) is 16.5. The Balaban J connectivity index is 2.38. The van der Waals surface area contributed by atoms with Crippen molar-refractivity contribution in [2.45, 2.75) is 20.2 Å². The second kappa shape index (κ2) is 7.79. The predicted molar refractivity (Wildman–Crippen MR) is 103 cm³/mol. The molecule has 0 amide bonds. The van der Waals surface area contributed by atoms with Crippen molar-refractivity contribution < 1.29 is 25.2 Å². The summed E-state index contributed by atoms with van der Waals surface area (Å²) in [4.78, 5) is 0.870. The summed E-state index contributed by atoms with van der Waals surface area (Å²) >= 11 is 5.93. The highest BCUT2D eigenvalue weighted by atomic mass is 35.5. The fraction of sp³-hybridized carbons (Fsp3) is 0.0526. The minimum absolute atomic E-state index is 0.266. The topological polar surface area (TPSA) is 43.4 Å². The molecule has 0 aliphatic heterocycles. The second-order valence-electron chi connectivity index (χ2n) is 5.60. The highest BCUT2D eigenvalue weighted by molar-refractivity contribution is 8.33. The molecule has 0 saturated carbocycles. The third-order valence-corrected chi connectivity index (χ3v) is 8.93. The first-order chi connectivity index (χ1) is 13.2. The molecular formula is C19H14ClF3O3S2. The first kappa shape index (κ1) is 20.7. The van der Waals surface area contributed by atoms with Crippen LogP contribution in [0, 0.1) is 0 Å². The van der Waals surface area contributed by atoms with Gasteiger partial charge >= 0.3 is 15.6 Å². The maximum absolute atomic E-state index is 13.3. The van der Waals surface area contributed by atoms with Gasteiger partial charge < -0.3 is 0 Å². The first-order valence-corrected chi connectivity index (χ1v) is 11.2. The van der Waals surface area contributed by atoms with Crippen LogP contribution in [0.5, 0.6) is 0 Å². The molecule has 0 N–H and O–H groups in total. The molecule has 9 heteroatoms. The zero-order chi connectivity index (χ0) is 20.4. The predicted octanol–water partition coefficient (Wildman–Crippen LogP) is 6.40. The highest BCUT2D eigenvalue weighted by Crippen LogP contribution is 2.70. The van der Waals surface area contributed by atoms with Crippen LogP contribution in [0.25, 0.3) is 0 Å². The summed E-state index contributed by atoms with van der Waals surface area (Å²) in [6.07, 6.45) is 0. The molecule has 0 unspecified atom stereocenters. The van der Waals surface area contributed by atoms with Crippen LogP contribution >= 0.6 is 21.9 Å². The van der Waals surface area contributed by atoms with Crippen LogP contribution in [-0.2, 0) is 13.7 Å². The molecule has 148 valence electrons. The summed E-state index contributed by atoms with van der Waals surface area (Å²) < 4.78 is 69.0. The molecule has 28 heavy (non-hydrogen) atoms. The van der Waals surface area contributed by atoms with E-state index in [1.807, 2.05) is 0 Å². The van der Waals surface area contributed by atoms with E-state index in [4.69, 9.17) is 15.2 Å². The molecule has 0 fully saturated rings. The maximum Gasteiger partial charge on any atom is 0.524 e. The van der Waals surface area contributed by atoms with Crippen molar-refractivity contribution >= 4 is 32.0 Å². The number of alkyl halides is 3. The number of halogens is 4. The molecule has 3 aromatic rings. The molecule has 0 atom stereocenters. The quantitative estimate of drug-likeness (QED) is 0.426. The van der Waals surface area contributed by atoms with Gasteiger partial charge in [-0.2, -0.15) is 25.2 Å². The molecule has 0 aliphatic rings. The van der Waals surface area contributed by atoms with Crippen LogP contribution in [0.2, 0.25) is 5.02 Å². The van der Waals surface area contributed by atoms with Crippen molar-refractivity contribution in [3.05, 3.63) is 90.0 Å². The van der Waals surface area contributed by atoms with Crippen LogP contribution in [0.15, 0.2) is 99.6 Å². The molecule has 0 aliphatic carbocycles. The third-order valence-electron chi connectivity index (χ3n) is 3.77. The van der Waals surface area contributed by atoms with Crippen LogP contribution in [-0.4, -0.2) is 13.9 Å². The molecule has 0 saturated heterocycles. The van der Waals surface area contributed by atoms with Gasteiger partial charge in [0, 0.05) is 19.7 Å². The highest BCUT2D eigenvalue weighted by Gasteiger charge is 2.52. The number of rotatable bonds is 5. The average molecular weight is 447 g/mol. The van der Waals surface area contributed by atoms with E-state index in [2.05, 4.69) is 0 Å². The van der Waals surface area contributed by atoms with Crippen molar-refractivity contribution in [2.75, 3.05) is 0 Å². The molecule has 0 spiro atoms. The van der Waals surface area contributed by atoms with Gasteiger partial charge in [-0.05, 0) is 58.8 Å². The summed E-state index contributed by atoms with van der Waals surface area (Å²) in [5.41, 5.74) is -5.57. The van der Waals surface area contributed by atoms with Crippen molar-refractivity contribution in [3.63, 3.8) is 0 Å². The van der Waals surface area contributed by atoms with Gasteiger partial charge in [0.05, 0.1) is 0 Å². The van der Waals surface area contributed by atoms with Gasteiger partial charge in [-0.1, -0.05) is 48.0 Å². The fourth-order valence-corrected chi connectivity index (χ4v) is 7.42. The Labute approximate surface area is 167 Å². The van der Waals surface area contributed by atoms with Crippen LogP contribution < -0.4 is 0 Å². The molecule has 0 heterocycles. The smallest absolute Gasteiger partial charge is 0.200 e. The van der Waals surface area contributed by atoms with Crippen molar-refractivity contribution in [3.8, 4) is 0 Å². The minimum atomic E-state index is -5.91. The van der Waals surface area contributed by atoms with E-state index in [1.54, 1.807) is 60.7 Å². The molecule has 3 aromatic carbocycles. The third kappa shape index (κ3) is 3.91. The van der Waals surface area contributed by atoms with Crippen molar-refractivity contribution in [1.29, 1.82) is 0 Å². The Bertz CT molecular complexity index is 1000. The Morgan fingerprint density at radius 3 is 1.46 bits per heavy atom. The molecule has 0 aromatic heterocycles. The molecule has 0 radical (unpaired) electrons. The van der Waals surface area contributed by atoms with Crippen molar-refractivity contribution in [1.82, 2.24) is 0 Å². The zero-order valence-electron chi connectivity index (χ0n) is 14.1. The van der Waals surface area contributed by atoms with E-state index < -0.39 is 25.9 Å². The summed E-state index contributed by atoms with van der Waals surface area (Å²) in [6, 6.07) is 21.9. The Hall–Kier alpha value is -2.00. The van der Waals surface area contributed by atoms with Crippen LogP contribution in [0.4, 0.5) is 13.2 Å². The largest absolute Gasteiger partial charge is 0.524 e. The summed E-state index contributed by atoms with van der Waals surface area (Å²) in [5.74, 6) is 0. The first-order valence-electron chi connectivity index (χ1n) is 7.88. The maximum atomic E-state index is 13.3. The van der Waals surface area contributed by atoms with E-state index in [1.165, 1.54) is 24.3 Å². The normalized spacial score (nSPS) is 13.3. The lowest BCUT2D eigenvalue weighted by Gasteiger charge is -2.39. The Morgan fingerprint density at radius 1 is 0.679 bits per heavy atom. The molecular weight excluding hydrogens is 433 g/mol. The van der Waals surface area contributed by atoms with E-state index in [-0.39, 0.29) is 4.90 Å². The molecule has 3 rings (SSSR count). The van der Waals surface area contributed by atoms with Gasteiger partial charge in [0.2, 0.25) is 0 Å². The Kier molecular flexibility index (Phi) is 5.77. The second-order valence-corrected chi connectivity index (χ2v) is 10.5. The molecule has 3 nitrogen and oxygen atoms in total.